The summed E-state index contributed by atoms with van der Waals surface area (Å²) < 4.78 is 10.0. The minimum absolute atomic E-state index is 0.493. The number of esters is 2. The predicted molar refractivity (Wildman–Crippen MR) is 44.7 cm³/mol. The van der Waals surface area contributed by atoms with Crippen LogP contribution in [0.4, 0.5) is 0 Å². The normalized spacial score (nSPS) is 33.9. The average molecular weight is 186 g/mol. The fourth-order valence-corrected chi connectivity index (χ4v) is 1.28. The molecule has 1 aliphatic rings. The largest absolute Gasteiger partial charge is 0.422 e. The van der Waals surface area contributed by atoms with Crippen LogP contribution in [0, 0.1) is 5.92 Å². The van der Waals surface area contributed by atoms with Gasteiger partial charge in [0, 0.05) is 13.3 Å². The Morgan fingerprint density at radius 3 is 2.15 bits per heavy atom. The summed E-state index contributed by atoms with van der Waals surface area (Å²) in [5.41, 5.74) is 0. The first kappa shape index (κ1) is 10.0. The molecule has 1 rings (SSSR count). The molecule has 1 heterocycles. The molecule has 1 saturated heterocycles. The highest BCUT2D eigenvalue weighted by Crippen LogP contribution is 2.27. The Kier molecular flexibility index (Phi) is 2.59. The first-order valence-corrected chi connectivity index (χ1v) is 4.44. The summed E-state index contributed by atoms with van der Waals surface area (Å²) in [6.07, 6.45) is 1.34. The van der Waals surface area contributed by atoms with Gasteiger partial charge in [-0.05, 0) is 13.3 Å². The van der Waals surface area contributed by atoms with E-state index < -0.39 is 23.6 Å². The van der Waals surface area contributed by atoms with Crippen molar-refractivity contribution in [2.45, 2.75) is 39.4 Å². The molecular formula is C9H14O4. The highest BCUT2D eigenvalue weighted by Gasteiger charge is 2.42. The van der Waals surface area contributed by atoms with Crippen LogP contribution in [-0.4, -0.2) is 17.7 Å². The Labute approximate surface area is 77.2 Å². The van der Waals surface area contributed by atoms with Crippen molar-refractivity contribution >= 4 is 11.9 Å². The molecule has 0 radical (unpaired) electrons. The van der Waals surface area contributed by atoms with Crippen molar-refractivity contribution in [3.63, 3.8) is 0 Å². The van der Waals surface area contributed by atoms with E-state index in [4.69, 9.17) is 9.47 Å². The number of hydrogen-bond donors (Lipinski definition) is 0. The highest BCUT2D eigenvalue weighted by atomic mass is 16.7. The van der Waals surface area contributed by atoms with Crippen molar-refractivity contribution in [2.24, 2.45) is 5.92 Å². The third-order valence-corrected chi connectivity index (χ3v) is 2.04. The first-order chi connectivity index (χ1) is 5.98. The lowest BCUT2D eigenvalue weighted by molar-refractivity contribution is -0.246. The summed E-state index contributed by atoms with van der Waals surface area (Å²) in [5, 5.41) is 0. The summed E-state index contributed by atoms with van der Waals surface area (Å²) in [6.45, 7) is 5.03. The molecule has 74 valence electrons. The van der Waals surface area contributed by atoms with E-state index in [2.05, 4.69) is 0 Å². The van der Waals surface area contributed by atoms with E-state index in [9.17, 15) is 9.59 Å². The number of hydrogen-bond acceptors (Lipinski definition) is 4. The monoisotopic (exact) mass is 186 g/mol. The second-order valence-corrected chi connectivity index (χ2v) is 3.45. The fraction of sp³-hybridized carbons (Fsp3) is 0.778. The molecule has 0 amide bonds. The summed E-state index contributed by atoms with van der Waals surface area (Å²) >= 11 is 0. The van der Waals surface area contributed by atoms with Gasteiger partial charge in [-0.2, -0.15) is 0 Å². The molecule has 0 aromatic heterocycles. The van der Waals surface area contributed by atoms with Gasteiger partial charge in [-0.25, -0.2) is 0 Å². The second-order valence-electron chi connectivity index (χ2n) is 3.45. The van der Waals surface area contributed by atoms with Crippen LogP contribution in [0.5, 0.6) is 0 Å². The molecular weight excluding hydrogens is 172 g/mol. The zero-order valence-electron chi connectivity index (χ0n) is 8.12. The molecule has 0 unspecified atom stereocenters. The molecule has 0 aliphatic carbocycles. The average Bonchev–Trinajstić information content (AvgIpc) is 2.00. The maximum Gasteiger partial charge on any atom is 0.323 e. The SMILES string of the molecule is CCCC1(C)OC(=O)C(C)C(=O)O1. The van der Waals surface area contributed by atoms with Gasteiger partial charge in [0.25, 0.3) is 5.79 Å². The second kappa shape index (κ2) is 3.36. The standard InChI is InChI=1S/C9H14O4/c1-4-5-9(3)12-7(10)6(2)8(11)13-9/h6H,4-5H2,1-3H3. The maximum atomic E-state index is 11.2. The molecule has 4 heteroatoms. The molecule has 1 fully saturated rings. The summed E-state index contributed by atoms with van der Waals surface area (Å²) in [4.78, 5) is 22.3. The van der Waals surface area contributed by atoms with E-state index in [1.165, 1.54) is 6.92 Å². The van der Waals surface area contributed by atoms with Gasteiger partial charge in [-0.3, -0.25) is 9.59 Å². The van der Waals surface area contributed by atoms with Crippen LogP contribution in [0.3, 0.4) is 0 Å². The fourth-order valence-electron chi connectivity index (χ4n) is 1.28. The van der Waals surface area contributed by atoms with Crippen LogP contribution in [0.25, 0.3) is 0 Å². The lowest BCUT2D eigenvalue weighted by atomic mass is 10.1. The van der Waals surface area contributed by atoms with Gasteiger partial charge in [0.2, 0.25) is 0 Å². The summed E-state index contributed by atoms with van der Waals surface area (Å²) in [6, 6.07) is 0. The minimum atomic E-state index is -1.05. The van der Waals surface area contributed by atoms with E-state index in [-0.39, 0.29) is 0 Å². The van der Waals surface area contributed by atoms with Crippen molar-refractivity contribution in [3.05, 3.63) is 0 Å². The Bertz CT molecular complexity index is 216. The zero-order valence-corrected chi connectivity index (χ0v) is 8.12. The van der Waals surface area contributed by atoms with Crippen molar-refractivity contribution in [2.75, 3.05) is 0 Å². The third-order valence-electron chi connectivity index (χ3n) is 2.04. The lowest BCUT2D eigenvalue weighted by Crippen LogP contribution is -2.47. The number of rotatable bonds is 2. The number of carbonyl (C=O) groups is 2. The van der Waals surface area contributed by atoms with Gasteiger partial charge in [-0.1, -0.05) is 6.92 Å². The first-order valence-electron chi connectivity index (χ1n) is 4.44. The predicted octanol–water partition coefficient (Wildman–Crippen LogP) is 1.24. The topological polar surface area (TPSA) is 52.6 Å². The highest BCUT2D eigenvalue weighted by molar-refractivity contribution is 5.96. The zero-order chi connectivity index (χ0) is 10.1. The van der Waals surface area contributed by atoms with Gasteiger partial charge in [0.15, 0.2) is 5.92 Å². The van der Waals surface area contributed by atoms with Gasteiger partial charge < -0.3 is 9.47 Å². The molecule has 0 aromatic carbocycles. The van der Waals surface area contributed by atoms with E-state index >= 15 is 0 Å². The Morgan fingerprint density at radius 1 is 1.31 bits per heavy atom. The van der Waals surface area contributed by atoms with Gasteiger partial charge >= 0.3 is 11.9 Å². The van der Waals surface area contributed by atoms with Crippen molar-refractivity contribution in [1.82, 2.24) is 0 Å². The van der Waals surface area contributed by atoms with Crippen LogP contribution < -0.4 is 0 Å². The molecule has 1 aliphatic heterocycles. The molecule has 13 heavy (non-hydrogen) atoms. The number of cyclic esters (lactones) is 2. The maximum absolute atomic E-state index is 11.2. The van der Waals surface area contributed by atoms with Crippen LogP contribution in [-0.2, 0) is 19.1 Å². The van der Waals surface area contributed by atoms with Crippen molar-refractivity contribution < 1.29 is 19.1 Å². The van der Waals surface area contributed by atoms with Crippen LogP contribution >= 0.6 is 0 Å². The lowest BCUT2D eigenvalue weighted by Gasteiger charge is -2.34. The Morgan fingerprint density at radius 2 is 1.77 bits per heavy atom. The van der Waals surface area contributed by atoms with Crippen LogP contribution in [0.15, 0.2) is 0 Å². The Balaban J connectivity index is 2.73. The van der Waals surface area contributed by atoms with Gasteiger partial charge in [0.05, 0.1) is 0 Å². The van der Waals surface area contributed by atoms with E-state index in [0.717, 1.165) is 6.42 Å². The number of carbonyl (C=O) groups excluding carboxylic acids is 2. The molecule has 4 nitrogen and oxygen atoms in total. The molecule has 0 atom stereocenters. The molecule has 0 bridgehead atoms. The van der Waals surface area contributed by atoms with Crippen molar-refractivity contribution in [1.29, 1.82) is 0 Å². The molecule has 0 spiro atoms. The molecule has 0 saturated carbocycles. The Hall–Kier alpha value is -1.06. The van der Waals surface area contributed by atoms with Crippen LogP contribution in [0.1, 0.15) is 33.6 Å². The van der Waals surface area contributed by atoms with Gasteiger partial charge in [0.1, 0.15) is 0 Å². The minimum Gasteiger partial charge on any atom is -0.422 e. The van der Waals surface area contributed by atoms with Crippen LogP contribution in [0.2, 0.25) is 0 Å². The number of ether oxygens (including phenoxy) is 2. The van der Waals surface area contributed by atoms with E-state index in [1.54, 1.807) is 6.92 Å². The van der Waals surface area contributed by atoms with Gasteiger partial charge in [-0.15, -0.1) is 0 Å². The quantitative estimate of drug-likeness (QED) is 0.481. The summed E-state index contributed by atoms with van der Waals surface area (Å²) in [5.74, 6) is -2.82. The third kappa shape index (κ3) is 1.99. The van der Waals surface area contributed by atoms with E-state index in [1.807, 2.05) is 6.92 Å². The smallest absolute Gasteiger partial charge is 0.323 e. The van der Waals surface area contributed by atoms with Crippen molar-refractivity contribution in [3.8, 4) is 0 Å². The molecule has 0 N–H and O–H groups in total. The van der Waals surface area contributed by atoms with E-state index in [0.29, 0.717) is 6.42 Å². The summed E-state index contributed by atoms with van der Waals surface area (Å²) in [7, 11) is 0. The molecule has 0 aromatic rings.